The molecule has 0 saturated carbocycles. The first-order valence-electron chi connectivity index (χ1n) is 9.85. The van der Waals surface area contributed by atoms with Crippen LogP contribution in [-0.4, -0.2) is 47.9 Å². The molecule has 0 fully saturated rings. The molecule has 0 atom stereocenters. The zero-order valence-corrected chi connectivity index (χ0v) is 18.6. The second-order valence-electron chi connectivity index (χ2n) is 6.94. The molecule has 2 aromatic rings. The van der Waals surface area contributed by atoms with Crippen LogP contribution in [0.2, 0.25) is 0 Å². The van der Waals surface area contributed by atoms with Crippen LogP contribution in [-0.2, 0) is 21.2 Å². The van der Waals surface area contributed by atoms with Gasteiger partial charge < -0.3 is 14.8 Å². The molecule has 164 valence electrons. The van der Waals surface area contributed by atoms with E-state index in [4.69, 9.17) is 9.47 Å². The lowest BCUT2D eigenvalue weighted by Gasteiger charge is -2.22. The van der Waals surface area contributed by atoms with Gasteiger partial charge in [0.25, 0.3) is 0 Å². The van der Waals surface area contributed by atoms with Crippen LogP contribution in [0.4, 0.5) is 5.69 Å². The molecule has 0 aliphatic heterocycles. The molecule has 0 aromatic heterocycles. The summed E-state index contributed by atoms with van der Waals surface area (Å²) in [4.78, 5) is 12.1. The van der Waals surface area contributed by atoms with Crippen LogP contribution in [0.3, 0.4) is 0 Å². The van der Waals surface area contributed by atoms with Gasteiger partial charge in [0.1, 0.15) is 11.5 Å². The number of nitrogens with zero attached hydrogens (tertiary/aromatic N) is 1. The summed E-state index contributed by atoms with van der Waals surface area (Å²) >= 11 is 0. The van der Waals surface area contributed by atoms with Crippen molar-refractivity contribution in [2.45, 2.75) is 25.7 Å². The van der Waals surface area contributed by atoms with Gasteiger partial charge in [-0.15, -0.1) is 0 Å². The summed E-state index contributed by atoms with van der Waals surface area (Å²) in [5, 5.41) is 2.89. The molecule has 0 radical (unpaired) electrons. The molecule has 2 aromatic carbocycles. The van der Waals surface area contributed by atoms with Gasteiger partial charge in [-0.3, -0.25) is 9.10 Å². The van der Waals surface area contributed by atoms with Gasteiger partial charge in [-0.25, -0.2) is 8.42 Å². The number of sulfonamides is 1. The average molecular weight is 435 g/mol. The fraction of sp³-hybridized carbons (Fsp3) is 0.409. The number of carbonyl (C=O) groups is 1. The Labute approximate surface area is 179 Å². The van der Waals surface area contributed by atoms with Gasteiger partial charge in [0.05, 0.1) is 26.2 Å². The maximum Gasteiger partial charge on any atom is 0.232 e. The van der Waals surface area contributed by atoms with E-state index in [0.29, 0.717) is 24.4 Å². The molecule has 0 aliphatic carbocycles. The van der Waals surface area contributed by atoms with E-state index in [1.807, 2.05) is 24.3 Å². The van der Waals surface area contributed by atoms with Crippen LogP contribution >= 0.6 is 0 Å². The van der Waals surface area contributed by atoms with E-state index in [1.165, 1.54) is 17.0 Å². The summed E-state index contributed by atoms with van der Waals surface area (Å²) in [6.07, 6.45) is 3.54. The SMILES string of the molecule is COc1ccc(CCCNC(=O)CCCN(c2cccc(OC)c2)S(C)(=O)=O)cc1. The molecular weight excluding hydrogens is 404 g/mol. The van der Waals surface area contributed by atoms with Crippen molar-refractivity contribution < 1.29 is 22.7 Å². The number of benzene rings is 2. The highest BCUT2D eigenvalue weighted by atomic mass is 32.2. The van der Waals surface area contributed by atoms with Crippen LogP contribution in [0.25, 0.3) is 0 Å². The number of carbonyl (C=O) groups excluding carboxylic acids is 1. The number of methoxy groups -OCH3 is 2. The lowest BCUT2D eigenvalue weighted by molar-refractivity contribution is -0.121. The Bertz CT molecular complexity index is 913. The van der Waals surface area contributed by atoms with E-state index in [-0.39, 0.29) is 18.9 Å². The Kier molecular flexibility index (Phi) is 8.98. The van der Waals surface area contributed by atoms with Crippen LogP contribution in [0.1, 0.15) is 24.8 Å². The fourth-order valence-corrected chi connectivity index (χ4v) is 3.99. The smallest absolute Gasteiger partial charge is 0.232 e. The van der Waals surface area contributed by atoms with Crippen molar-refractivity contribution in [1.29, 1.82) is 0 Å². The van der Waals surface area contributed by atoms with Gasteiger partial charge in [0.15, 0.2) is 0 Å². The van der Waals surface area contributed by atoms with E-state index < -0.39 is 10.0 Å². The lowest BCUT2D eigenvalue weighted by atomic mass is 10.1. The molecule has 0 aliphatic rings. The minimum absolute atomic E-state index is 0.0798. The summed E-state index contributed by atoms with van der Waals surface area (Å²) in [7, 11) is -0.294. The van der Waals surface area contributed by atoms with Crippen molar-refractivity contribution in [2.75, 3.05) is 37.9 Å². The topological polar surface area (TPSA) is 84.9 Å². The molecule has 2 rings (SSSR count). The van der Waals surface area contributed by atoms with E-state index >= 15 is 0 Å². The number of hydrogen-bond donors (Lipinski definition) is 1. The first kappa shape index (κ1) is 23.5. The summed E-state index contributed by atoms with van der Waals surface area (Å²) < 4.78 is 35.9. The standard InChI is InChI=1S/C22H30N2O5S/c1-28-20-13-11-18(12-14-20)7-5-15-23-22(25)10-6-16-24(30(3,26)27)19-8-4-9-21(17-19)29-2/h4,8-9,11-14,17H,5-7,10,15-16H2,1-3H3,(H,23,25). The second-order valence-corrected chi connectivity index (χ2v) is 8.85. The zero-order chi connectivity index (χ0) is 22.0. The maximum atomic E-state index is 12.2. The lowest BCUT2D eigenvalue weighted by Crippen LogP contribution is -2.32. The van der Waals surface area contributed by atoms with Crippen LogP contribution in [0, 0.1) is 0 Å². The molecule has 7 nitrogen and oxygen atoms in total. The van der Waals surface area contributed by atoms with Gasteiger partial charge in [-0.1, -0.05) is 18.2 Å². The van der Waals surface area contributed by atoms with Gasteiger partial charge in [0, 0.05) is 25.6 Å². The third-order valence-corrected chi connectivity index (χ3v) is 5.82. The van der Waals surface area contributed by atoms with Gasteiger partial charge in [-0.05, 0) is 49.1 Å². The van der Waals surface area contributed by atoms with Gasteiger partial charge in [0.2, 0.25) is 15.9 Å². The van der Waals surface area contributed by atoms with Crippen molar-refractivity contribution >= 4 is 21.6 Å². The molecule has 1 N–H and O–H groups in total. The highest BCUT2D eigenvalue weighted by molar-refractivity contribution is 7.92. The number of rotatable bonds is 12. The minimum Gasteiger partial charge on any atom is -0.497 e. The van der Waals surface area contributed by atoms with E-state index in [9.17, 15) is 13.2 Å². The van der Waals surface area contributed by atoms with Crippen molar-refractivity contribution in [2.24, 2.45) is 0 Å². The molecule has 0 heterocycles. The summed E-state index contributed by atoms with van der Waals surface area (Å²) in [5.74, 6) is 1.32. The summed E-state index contributed by atoms with van der Waals surface area (Å²) in [6.45, 7) is 0.807. The van der Waals surface area contributed by atoms with Crippen LogP contribution in [0.5, 0.6) is 11.5 Å². The Hall–Kier alpha value is -2.74. The van der Waals surface area contributed by atoms with Crippen molar-refractivity contribution in [3.05, 3.63) is 54.1 Å². The normalized spacial score (nSPS) is 11.0. The second kappa shape index (κ2) is 11.4. The number of hydrogen-bond acceptors (Lipinski definition) is 5. The summed E-state index contributed by atoms with van der Waals surface area (Å²) in [5.41, 5.74) is 1.71. The first-order chi connectivity index (χ1) is 14.3. The largest absolute Gasteiger partial charge is 0.497 e. The number of nitrogens with one attached hydrogen (secondary N) is 1. The van der Waals surface area contributed by atoms with Crippen molar-refractivity contribution in [1.82, 2.24) is 5.32 Å². The molecule has 0 bridgehead atoms. The quantitative estimate of drug-likeness (QED) is 0.519. The van der Waals surface area contributed by atoms with Crippen molar-refractivity contribution in [3.63, 3.8) is 0 Å². The Morgan fingerprint density at radius 2 is 1.70 bits per heavy atom. The predicted molar refractivity (Wildman–Crippen MR) is 119 cm³/mol. The molecule has 30 heavy (non-hydrogen) atoms. The monoisotopic (exact) mass is 434 g/mol. The van der Waals surface area contributed by atoms with Gasteiger partial charge in [-0.2, -0.15) is 0 Å². The van der Waals surface area contributed by atoms with Crippen LogP contribution in [0.15, 0.2) is 48.5 Å². The highest BCUT2D eigenvalue weighted by Crippen LogP contribution is 2.23. The Balaban J connectivity index is 1.75. The minimum atomic E-state index is -3.46. The third-order valence-electron chi connectivity index (χ3n) is 4.63. The molecule has 0 spiro atoms. The zero-order valence-electron chi connectivity index (χ0n) is 17.8. The average Bonchev–Trinajstić information content (AvgIpc) is 2.74. The van der Waals surface area contributed by atoms with Gasteiger partial charge >= 0.3 is 0 Å². The molecular formula is C22H30N2O5S. The van der Waals surface area contributed by atoms with E-state index in [2.05, 4.69) is 5.32 Å². The number of aryl methyl sites for hydroxylation is 1. The van der Waals surface area contributed by atoms with Crippen LogP contribution < -0.4 is 19.1 Å². The van der Waals surface area contributed by atoms with E-state index in [0.717, 1.165) is 24.8 Å². The molecule has 8 heteroatoms. The predicted octanol–water partition coefficient (Wildman–Crippen LogP) is 3.00. The van der Waals surface area contributed by atoms with Crippen molar-refractivity contribution in [3.8, 4) is 11.5 Å². The summed E-state index contributed by atoms with van der Waals surface area (Å²) in [6, 6.07) is 14.7. The fourth-order valence-electron chi connectivity index (χ4n) is 3.04. The third kappa shape index (κ3) is 7.59. The maximum absolute atomic E-state index is 12.2. The molecule has 0 saturated heterocycles. The first-order valence-corrected chi connectivity index (χ1v) is 11.7. The highest BCUT2D eigenvalue weighted by Gasteiger charge is 2.18. The number of anilines is 1. The Morgan fingerprint density at radius 3 is 2.33 bits per heavy atom. The number of amides is 1. The number of ether oxygens (including phenoxy) is 2. The molecule has 1 amide bonds. The molecule has 0 unspecified atom stereocenters. The van der Waals surface area contributed by atoms with E-state index in [1.54, 1.807) is 31.4 Å². The Morgan fingerprint density at radius 1 is 1.00 bits per heavy atom.